The van der Waals surface area contributed by atoms with Gasteiger partial charge in [0.05, 0.1) is 5.69 Å². The maximum Gasteiger partial charge on any atom is 0.223 e. The molecule has 0 fully saturated rings. The van der Waals surface area contributed by atoms with Crippen molar-refractivity contribution in [3.63, 3.8) is 0 Å². The molecule has 0 spiro atoms. The summed E-state index contributed by atoms with van der Waals surface area (Å²) in [5.41, 5.74) is 8.63. The van der Waals surface area contributed by atoms with Crippen molar-refractivity contribution < 1.29 is 4.79 Å². The number of hydrogen-bond donors (Lipinski definition) is 1. The lowest BCUT2D eigenvalue weighted by Gasteiger charge is -2.01. The molecule has 1 aromatic heterocycles. The molecule has 1 heterocycles. The first kappa shape index (κ1) is 12.6. The monoisotopic (exact) mass is 280 g/mol. The Hall–Kier alpha value is -2.46. The molecule has 0 radical (unpaired) electrons. The Morgan fingerprint density at radius 3 is 2.45 bits per heavy atom. The normalized spacial score (nSPS) is 10.4. The Labute approximate surface area is 120 Å². The zero-order valence-corrected chi connectivity index (χ0v) is 11.4. The van der Waals surface area contributed by atoms with Gasteiger partial charge in [-0.2, -0.15) is 0 Å². The van der Waals surface area contributed by atoms with Crippen LogP contribution in [0, 0.1) is 0 Å². The van der Waals surface area contributed by atoms with Crippen LogP contribution in [0.3, 0.4) is 0 Å². The molecular formula is C16H12N2OS. The van der Waals surface area contributed by atoms with Crippen LogP contribution in [-0.4, -0.2) is 10.8 Å². The van der Waals surface area contributed by atoms with Gasteiger partial charge in [0.15, 0.2) is 5.01 Å². The molecule has 4 heteroatoms. The van der Waals surface area contributed by atoms with Crippen LogP contribution in [0.5, 0.6) is 0 Å². The molecule has 0 aliphatic carbocycles. The van der Waals surface area contributed by atoms with Gasteiger partial charge >= 0.3 is 0 Å². The van der Waals surface area contributed by atoms with Crippen LogP contribution in [0.15, 0.2) is 60.0 Å². The van der Waals surface area contributed by atoms with E-state index in [4.69, 9.17) is 5.73 Å². The van der Waals surface area contributed by atoms with E-state index in [9.17, 15) is 4.79 Å². The topological polar surface area (TPSA) is 56.0 Å². The van der Waals surface area contributed by atoms with Crippen LogP contribution in [-0.2, 0) is 0 Å². The summed E-state index contributed by atoms with van der Waals surface area (Å²) in [6.07, 6.45) is 0. The first-order valence-electron chi connectivity index (χ1n) is 6.16. The summed E-state index contributed by atoms with van der Waals surface area (Å²) in [7, 11) is 0. The van der Waals surface area contributed by atoms with Gasteiger partial charge in [0.1, 0.15) is 0 Å². The predicted molar refractivity (Wildman–Crippen MR) is 81.8 cm³/mol. The third-order valence-corrected chi connectivity index (χ3v) is 3.81. The second-order valence-electron chi connectivity index (χ2n) is 4.32. The molecule has 2 N–H and O–H groups in total. The standard InChI is InChI=1S/C16H12N2OS/c17-13-9-5-4-8-12(13)15(19)16-18-14(10-20-16)11-6-2-1-3-7-11/h1-10H,17H2. The predicted octanol–water partition coefficient (Wildman–Crippen LogP) is 3.62. The van der Waals surface area contributed by atoms with Gasteiger partial charge in [-0.15, -0.1) is 11.3 Å². The van der Waals surface area contributed by atoms with Gasteiger partial charge in [0.2, 0.25) is 5.78 Å². The van der Waals surface area contributed by atoms with Crippen molar-refractivity contribution in [3.8, 4) is 11.3 Å². The summed E-state index contributed by atoms with van der Waals surface area (Å²) < 4.78 is 0. The first-order chi connectivity index (χ1) is 9.75. The van der Waals surface area contributed by atoms with Gasteiger partial charge < -0.3 is 5.73 Å². The summed E-state index contributed by atoms with van der Waals surface area (Å²) in [6, 6.07) is 16.8. The molecule has 0 saturated carbocycles. The van der Waals surface area contributed by atoms with Gasteiger partial charge in [-0.3, -0.25) is 4.79 Å². The zero-order valence-electron chi connectivity index (χ0n) is 10.6. The zero-order chi connectivity index (χ0) is 13.9. The number of anilines is 1. The fourth-order valence-corrected chi connectivity index (χ4v) is 2.72. The highest BCUT2D eigenvalue weighted by Gasteiger charge is 2.16. The summed E-state index contributed by atoms with van der Waals surface area (Å²) in [5.74, 6) is -0.129. The molecule has 0 bridgehead atoms. The summed E-state index contributed by atoms with van der Waals surface area (Å²) in [6.45, 7) is 0. The van der Waals surface area contributed by atoms with E-state index in [1.54, 1.807) is 18.2 Å². The number of thiazole rings is 1. The van der Waals surface area contributed by atoms with Gasteiger partial charge in [-0.05, 0) is 12.1 Å². The van der Waals surface area contributed by atoms with Crippen molar-refractivity contribution in [1.29, 1.82) is 0 Å². The highest BCUT2D eigenvalue weighted by molar-refractivity contribution is 7.12. The largest absolute Gasteiger partial charge is 0.398 e. The van der Waals surface area contributed by atoms with Crippen LogP contribution >= 0.6 is 11.3 Å². The first-order valence-corrected chi connectivity index (χ1v) is 7.04. The van der Waals surface area contributed by atoms with Crippen LogP contribution in [0.2, 0.25) is 0 Å². The molecule has 0 amide bonds. The number of rotatable bonds is 3. The molecule has 3 rings (SSSR count). The third-order valence-electron chi connectivity index (χ3n) is 2.97. The highest BCUT2D eigenvalue weighted by Crippen LogP contribution is 2.24. The summed E-state index contributed by atoms with van der Waals surface area (Å²) in [4.78, 5) is 16.8. The Morgan fingerprint density at radius 1 is 1.00 bits per heavy atom. The molecule has 98 valence electrons. The second kappa shape index (κ2) is 5.27. The maximum absolute atomic E-state index is 12.4. The number of hydrogen-bond acceptors (Lipinski definition) is 4. The molecule has 20 heavy (non-hydrogen) atoms. The number of nitrogens with two attached hydrogens (primary N) is 1. The maximum atomic E-state index is 12.4. The molecule has 2 aromatic carbocycles. The molecule has 0 atom stereocenters. The second-order valence-corrected chi connectivity index (χ2v) is 5.18. The molecule has 3 nitrogen and oxygen atoms in total. The molecular weight excluding hydrogens is 268 g/mol. The van der Waals surface area contributed by atoms with E-state index in [-0.39, 0.29) is 5.78 Å². The number of aromatic nitrogens is 1. The minimum Gasteiger partial charge on any atom is -0.398 e. The Kier molecular flexibility index (Phi) is 3.31. The van der Waals surface area contributed by atoms with Crippen molar-refractivity contribution in [2.75, 3.05) is 5.73 Å². The van der Waals surface area contributed by atoms with Crippen molar-refractivity contribution in [3.05, 3.63) is 70.5 Å². The van der Waals surface area contributed by atoms with E-state index in [0.29, 0.717) is 16.3 Å². The van der Waals surface area contributed by atoms with E-state index in [1.807, 2.05) is 41.8 Å². The van der Waals surface area contributed by atoms with Gasteiger partial charge in [-0.1, -0.05) is 42.5 Å². The van der Waals surface area contributed by atoms with Gasteiger partial charge in [0.25, 0.3) is 0 Å². The molecule has 0 saturated heterocycles. The number of para-hydroxylation sites is 1. The SMILES string of the molecule is Nc1ccccc1C(=O)c1nc(-c2ccccc2)cs1. The van der Waals surface area contributed by atoms with E-state index >= 15 is 0 Å². The number of nitrogen functional groups attached to an aromatic ring is 1. The van der Waals surface area contributed by atoms with Crippen LogP contribution in [0.4, 0.5) is 5.69 Å². The minimum atomic E-state index is -0.129. The lowest BCUT2D eigenvalue weighted by Crippen LogP contribution is -2.04. The minimum absolute atomic E-state index is 0.129. The molecule has 0 unspecified atom stereocenters. The summed E-state index contributed by atoms with van der Waals surface area (Å²) >= 11 is 1.34. The number of carbonyl (C=O) groups excluding carboxylic acids is 1. The smallest absolute Gasteiger partial charge is 0.223 e. The van der Waals surface area contributed by atoms with Crippen LogP contribution in [0.1, 0.15) is 15.4 Å². The average molecular weight is 280 g/mol. The fourth-order valence-electron chi connectivity index (χ4n) is 1.94. The van der Waals surface area contributed by atoms with Crippen molar-refractivity contribution in [2.45, 2.75) is 0 Å². The van der Waals surface area contributed by atoms with E-state index in [2.05, 4.69) is 4.98 Å². The number of carbonyl (C=O) groups is 1. The highest BCUT2D eigenvalue weighted by atomic mass is 32.1. The van der Waals surface area contributed by atoms with Gasteiger partial charge in [-0.25, -0.2) is 4.98 Å². The quantitative estimate of drug-likeness (QED) is 0.589. The average Bonchev–Trinajstić information content (AvgIpc) is 2.98. The van der Waals surface area contributed by atoms with Crippen molar-refractivity contribution in [2.24, 2.45) is 0 Å². The molecule has 3 aromatic rings. The number of ketones is 1. The third kappa shape index (κ3) is 2.33. The van der Waals surface area contributed by atoms with E-state index in [1.165, 1.54) is 11.3 Å². The number of benzene rings is 2. The summed E-state index contributed by atoms with van der Waals surface area (Å²) in [5, 5.41) is 2.35. The number of nitrogens with zero attached hydrogens (tertiary/aromatic N) is 1. The molecule has 0 aliphatic rings. The Bertz CT molecular complexity index is 750. The van der Waals surface area contributed by atoms with Gasteiger partial charge in [0, 0.05) is 22.2 Å². The fraction of sp³-hybridized carbons (Fsp3) is 0. The lowest BCUT2D eigenvalue weighted by molar-refractivity contribution is 0.103. The van der Waals surface area contributed by atoms with Crippen molar-refractivity contribution in [1.82, 2.24) is 4.98 Å². The lowest BCUT2D eigenvalue weighted by atomic mass is 10.1. The molecule has 0 aliphatic heterocycles. The van der Waals surface area contributed by atoms with E-state index in [0.717, 1.165) is 11.3 Å². The van der Waals surface area contributed by atoms with E-state index < -0.39 is 0 Å². The van der Waals surface area contributed by atoms with Crippen molar-refractivity contribution >= 4 is 22.8 Å². The van der Waals surface area contributed by atoms with Crippen LogP contribution < -0.4 is 5.73 Å². The Morgan fingerprint density at radius 2 is 1.70 bits per heavy atom. The Balaban J connectivity index is 1.95. The van der Waals surface area contributed by atoms with Crippen LogP contribution in [0.25, 0.3) is 11.3 Å².